The summed E-state index contributed by atoms with van der Waals surface area (Å²) in [5.41, 5.74) is -0.0613. The van der Waals surface area contributed by atoms with Crippen molar-refractivity contribution < 1.29 is 22.7 Å². The maximum absolute atomic E-state index is 12.8. The lowest BCUT2D eigenvalue weighted by Gasteiger charge is -2.35. The zero-order valence-electron chi connectivity index (χ0n) is 19.8. The van der Waals surface area contributed by atoms with Gasteiger partial charge in [0.15, 0.2) is 5.60 Å². The molecule has 1 aliphatic rings. The standard InChI is InChI=1S/C24H32ClN3O5S/c1-24(2,33-22-9-5-19(25)6-10-22)23(29)26-13-4-18-34(30,31)28-16-14-27(15-17-28)20-7-11-21(32-3)12-8-20/h5-12H,4,13-18H2,1-3H3,(H,26,29). The van der Waals surface area contributed by atoms with Crippen molar-refractivity contribution in [1.29, 1.82) is 0 Å². The summed E-state index contributed by atoms with van der Waals surface area (Å²) in [5.74, 6) is 0.986. The molecule has 34 heavy (non-hydrogen) atoms. The van der Waals surface area contributed by atoms with Crippen molar-refractivity contribution in [2.75, 3.05) is 50.5 Å². The molecule has 0 aromatic heterocycles. The highest BCUT2D eigenvalue weighted by Crippen LogP contribution is 2.22. The number of methoxy groups -OCH3 is 1. The average Bonchev–Trinajstić information content (AvgIpc) is 2.83. The smallest absolute Gasteiger partial charge is 0.263 e. The third-order valence-corrected chi connectivity index (χ3v) is 7.88. The predicted molar refractivity (Wildman–Crippen MR) is 134 cm³/mol. The van der Waals surface area contributed by atoms with E-state index in [0.717, 1.165) is 11.4 Å². The number of carbonyl (C=O) groups is 1. The lowest BCUT2D eigenvalue weighted by atomic mass is 10.1. The topological polar surface area (TPSA) is 88.2 Å². The molecule has 0 radical (unpaired) electrons. The van der Waals surface area contributed by atoms with Crippen LogP contribution in [-0.2, 0) is 14.8 Å². The number of nitrogens with one attached hydrogen (secondary N) is 1. The fraction of sp³-hybridized carbons (Fsp3) is 0.458. The normalized spacial score (nSPS) is 15.1. The average molecular weight is 510 g/mol. The number of ether oxygens (including phenoxy) is 2. The maximum atomic E-state index is 12.8. The summed E-state index contributed by atoms with van der Waals surface area (Å²) >= 11 is 5.87. The predicted octanol–water partition coefficient (Wildman–Crippen LogP) is 3.16. The van der Waals surface area contributed by atoms with Crippen molar-refractivity contribution in [2.45, 2.75) is 25.9 Å². The van der Waals surface area contributed by atoms with E-state index in [2.05, 4.69) is 10.2 Å². The summed E-state index contributed by atoms with van der Waals surface area (Å²) in [5, 5.41) is 3.36. The van der Waals surface area contributed by atoms with E-state index in [9.17, 15) is 13.2 Å². The van der Waals surface area contributed by atoms with Crippen LogP contribution in [0.5, 0.6) is 11.5 Å². The summed E-state index contributed by atoms with van der Waals surface area (Å²) in [6.07, 6.45) is 0.323. The first kappa shape index (κ1) is 26.1. The van der Waals surface area contributed by atoms with Gasteiger partial charge in [0.05, 0.1) is 12.9 Å². The number of amides is 1. The first-order chi connectivity index (χ1) is 16.1. The summed E-state index contributed by atoms with van der Waals surface area (Å²) in [6.45, 7) is 5.69. The monoisotopic (exact) mass is 509 g/mol. The van der Waals surface area contributed by atoms with Crippen LogP contribution in [0.2, 0.25) is 5.02 Å². The number of hydrogen-bond acceptors (Lipinski definition) is 6. The number of anilines is 1. The molecule has 0 atom stereocenters. The molecular weight excluding hydrogens is 478 g/mol. The molecule has 1 fully saturated rings. The van der Waals surface area contributed by atoms with E-state index < -0.39 is 15.6 Å². The Bertz CT molecular complexity index is 1050. The molecule has 2 aromatic rings. The highest BCUT2D eigenvalue weighted by Gasteiger charge is 2.30. The molecule has 0 saturated carbocycles. The molecule has 1 N–H and O–H groups in total. The minimum atomic E-state index is -3.39. The van der Waals surface area contributed by atoms with E-state index in [4.69, 9.17) is 21.1 Å². The van der Waals surface area contributed by atoms with E-state index >= 15 is 0 Å². The molecule has 1 amide bonds. The Morgan fingerprint density at radius 3 is 2.18 bits per heavy atom. The molecular formula is C24H32ClN3O5S. The second-order valence-corrected chi connectivity index (χ2v) is 11.1. The molecule has 0 unspecified atom stereocenters. The maximum Gasteiger partial charge on any atom is 0.263 e. The Balaban J connectivity index is 1.41. The van der Waals surface area contributed by atoms with Crippen LogP contribution in [0.25, 0.3) is 0 Å². The first-order valence-corrected chi connectivity index (χ1v) is 13.2. The Hall–Kier alpha value is -2.49. The third kappa shape index (κ3) is 7.01. The number of sulfonamides is 1. The van der Waals surface area contributed by atoms with Crippen LogP contribution in [0, 0.1) is 0 Å². The molecule has 0 spiro atoms. The molecule has 0 aliphatic carbocycles. The number of nitrogens with zero attached hydrogens (tertiary/aromatic N) is 2. The fourth-order valence-corrected chi connectivity index (χ4v) is 5.27. The van der Waals surface area contributed by atoms with Gasteiger partial charge in [0.25, 0.3) is 5.91 Å². The van der Waals surface area contributed by atoms with Crippen molar-refractivity contribution in [3.63, 3.8) is 0 Å². The van der Waals surface area contributed by atoms with Crippen LogP contribution >= 0.6 is 11.6 Å². The second-order valence-electron chi connectivity index (χ2n) is 8.58. The van der Waals surface area contributed by atoms with Gasteiger partial charge in [0.1, 0.15) is 11.5 Å². The Labute approximate surface area is 206 Å². The minimum Gasteiger partial charge on any atom is -0.497 e. The van der Waals surface area contributed by atoms with Crippen LogP contribution < -0.4 is 19.7 Å². The van der Waals surface area contributed by atoms with Gasteiger partial charge in [-0.05, 0) is 68.8 Å². The summed E-state index contributed by atoms with van der Waals surface area (Å²) in [4.78, 5) is 14.7. The molecule has 186 valence electrons. The highest BCUT2D eigenvalue weighted by atomic mass is 35.5. The molecule has 1 aliphatic heterocycles. The van der Waals surface area contributed by atoms with Crippen molar-refractivity contribution >= 4 is 33.2 Å². The van der Waals surface area contributed by atoms with E-state index in [1.807, 2.05) is 24.3 Å². The second kappa shape index (κ2) is 11.3. The summed E-state index contributed by atoms with van der Waals surface area (Å²) < 4.78 is 38.0. The van der Waals surface area contributed by atoms with E-state index in [1.54, 1.807) is 45.2 Å². The van der Waals surface area contributed by atoms with Crippen molar-refractivity contribution in [1.82, 2.24) is 9.62 Å². The molecule has 10 heteroatoms. The van der Waals surface area contributed by atoms with Crippen LogP contribution in [0.15, 0.2) is 48.5 Å². The Kier molecular flexibility index (Phi) is 8.67. The summed E-state index contributed by atoms with van der Waals surface area (Å²) in [7, 11) is -1.77. The largest absolute Gasteiger partial charge is 0.497 e. The molecule has 0 bridgehead atoms. The first-order valence-electron chi connectivity index (χ1n) is 11.2. The van der Waals surface area contributed by atoms with Crippen LogP contribution in [0.1, 0.15) is 20.3 Å². The zero-order chi connectivity index (χ0) is 24.8. The number of benzene rings is 2. The van der Waals surface area contributed by atoms with Crippen molar-refractivity contribution in [2.24, 2.45) is 0 Å². The zero-order valence-corrected chi connectivity index (χ0v) is 21.4. The van der Waals surface area contributed by atoms with Gasteiger partial charge in [0.2, 0.25) is 10.0 Å². The third-order valence-electron chi connectivity index (χ3n) is 5.67. The summed E-state index contributed by atoms with van der Waals surface area (Å²) in [6, 6.07) is 14.5. The van der Waals surface area contributed by atoms with Crippen LogP contribution in [-0.4, -0.2) is 69.8 Å². The number of rotatable bonds is 10. The van der Waals surface area contributed by atoms with Gasteiger partial charge in [-0.25, -0.2) is 8.42 Å². The van der Waals surface area contributed by atoms with Gasteiger partial charge in [-0.2, -0.15) is 4.31 Å². The Morgan fingerprint density at radius 1 is 1.00 bits per heavy atom. The quantitative estimate of drug-likeness (QED) is 0.495. The van der Waals surface area contributed by atoms with Crippen LogP contribution in [0.3, 0.4) is 0 Å². The molecule has 1 heterocycles. The van der Waals surface area contributed by atoms with E-state index in [-0.39, 0.29) is 18.2 Å². The van der Waals surface area contributed by atoms with Crippen molar-refractivity contribution in [3.05, 3.63) is 53.6 Å². The minimum absolute atomic E-state index is 0.0196. The van der Waals surface area contributed by atoms with E-state index in [1.165, 1.54) is 4.31 Å². The van der Waals surface area contributed by atoms with Gasteiger partial charge in [0, 0.05) is 43.4 Å². The SMILES string of the molecule is COc1ccc(N2CCN(S(=O)(=O)CCCNC(=O)C(C)(C)Oc3ccc(Cl)cc3)CC2)cc1. The van der Waals surface area contributed by atoms with E-state index in [0.29, 0.717) is 43.4 Å². The fourth-order valence-electron chi connectivity index (χ4n) is 3.66. The molecule has 1 saturated heterocycles. The lowest BCUT2D eigenvalue weighted by molar-refractivity contribution is -0.134. The molecule has 8 nitrogen and oxygen atoms in total. The van der Waals surface area contributed by atoms with Gasteiger partial charge < -0.3 is 19.7 Å². The number of carbonyl (C=O) groups excluding carboxylic acids is 1. The highest BCUT2D eigenvalue weighted by molar-refractivity contribution is 7.89. The van der Waals surface area contributed by atoms with Gasteiger partial charge in [-0.1, -0.05) is 11.6 Å². The lowest BCUT2D eigenvalue weighted by Crippen LogP contribution is -2.50. The number of piperazine rings is 1. The van der Waals surface area contributed by atoms with Gasteiger partial charge in [-0.15, -0.1) is 0 Å². The molecule has 3 rings (SSSR count). The van der Waals surface area contributed by atoms with Gasteiger partial charge in [-0.3, -0.25) is 4.79 Å². The molecule has 2 aromatic carbocycles. The van der Waals surface area contributed by atoms with Gasteiger partial charge >= 0.3 is 0 Å². The van der Waals surface area contributed by atoms with Crippen LogP contribution in [0.4, 0.5) is 5.69 Å². The Morgan fingerprint density at radius 2 is 1.59 bits per heavy atom. The number of halogens is 1. The number of hydrogen-bond donors (Lipinski definition) is 1. The van der Waals surface area contributed by atoms with Crippen molar-refractivity contribution in [3.8, 4) is 11.5 Å².